The summed E-state index contributed by atoms with van der Waals surface area (Å²) in [5.41, 5.74) is 2.13. The van der Waals surface area contributed by atoms with Crippen molar-refractivity contribution < 1.29 is 13.9 Å². The lowest BCUT2D eigenvalue weighted by atomic mass is 9.79. The third-order valence-corrected chi connectivity index (χ3v) is 6.04. The van der Waals surface area contributed by atoms with Crippen LogP contribution >= 0.6 is 0 Å². The van der Waals surface area contributed by atoms with Crippen molar-refractivity contribution >= 4 is 5.91 Å². The summed E-state index contributed by atoms with van der Waals surface area (Å²) in [5, 5.41) is 6.95. The van der Waals surface area contributed by atoms with Crippen LogP contribution in [-0.4, -0.2) is 59.2 Å². The number of halogens is 1. The summed E-state index contributed by atoms with van der Waals surface area (Å²) in [7, 11) is 1.60. The monoisotopic (exact) mass is 386 g/mol. The molecule has 2 fully saturated rings. The highest BCUT2D eigenvalue weighted by Gasteiger charge is 2.43. The molecule has 1 aromatic carbocycles. The number of amides is 1. The average Bonchev–Trinajstić information content (AvgIpc) is 3.30. The molecule has 0 aliphatic carbocycles. The standard InChI is InChI=1S/C21H27FN4O2/c1-15-10-19(24-23-15)20(27)26-9-7-21(14-26)6-3-8-25(13-21)12-16-11-17(28-2)4-5-18(16)22/h4-5,10-11H,3,6-9,12-14H2,1-2H3,(H,23,24). The Bertz CT molecular complexity index is 868. The third-order valence-electron chi connectivity index (χ3n) is 6.04. The predicted molar refractivity (Wildman–Crippen MR) is 104 cm³/mol. The van der Waals surface area contributed by atoms with Gasteiger partial charge in [0.25, 0.3) is 5.91 Å². The van der Waals surface area contributed by atoms with E-state index in [0.29, 0.717) is 23.6 Å². The minimum Gasteiger partial charge on any atom is -0.497 e. The molecule has 2 saturated heterocycles. The zero-order valence-electron chi connectivity index (χ0n) is 16.5. The van der Waals surface area contributed by atoms with Crippen LogP contribution in [0.15, 0.2) is 24.3 Å². The van der Waals surface area contributed by atoms with Crippen LogP contribution in [0, 0.1) is 18.2 Å². The Kier molecular flexibility index (Phi) is 5.10. The fraction of sp³-hybridized carbons (Fsp3) is 0.524. The molecule has 6 nitrogen and oxygen atoms in total. The number of ether oxygens (including phenoxy) is 1. The molecule has 2 aliphatic heterocycles. The summed E-state index contributed by atoms with van der Waals surface area (Å²) in [6.45, 7) is 5.79. The summed E-state index contributed by atoms with van der Waals surface area (Å²) in [6.07, 6.45) is 3.15. The summed E-state index contributed by atoms with van der Waals surface area (Å²) in [6, 6.07) is 6.69. The first-order chi connectivity index (χ1) is 13.5. The smallest absolute Gasteiger partial charge is 0.274 e. The summed E-state index contributed by atoms with van der Waals surface area (Å²) in [5.74, 6) is 0.477. The highest BCUT2D eigenvalue weighted by atomic mass is 19.1. The van der Waals surface area contributed by atoms with Gasteiger partial charge in [0.15, 0.2) is 0 Å². The number of carbonyl (C=O) groups excluding carboxylic acids is 1. The van der Waals surface area contributed by atoms with E-state index >= 15 is 0 Å². The van der Waals surface area contributed by atoms with Gasteiger partial charge >= 0.3 is 0 Å². The fourth-order valence-corrected chi connectivity index (χ4v) is 4.62. The number of aromatic amines is 1. The maximum atomic E-state index is 14.2. The van der Waals surface area contributed by atoms with Crippen LogP contribution in [0.25, 0.3) is 0 Å². The van der Waals surface area contributed by atoms with Crippen molar-refractivity contribution in [3.63, 3.8) is 0 Å². The quantitative estimate of drug-likeness (QED) is 0.878. The number of nitrogens with zero attached hydrogens (tertiary/aromatic N) is 3. The maximum absolute atomic E-state index is 14.2. The minimum atomic E-state index is -0.197. The molecule has 1 unspecified atom stereocenters. The van der Waals surface area contributed by atoms with Crippen molar-refractivity contribution in [3.8, 4) is 5.75 Å². The Morgan fingerprint density at radius 3 is 2.89 bits per heavy atom. The van der Waals surface area contributed by atoms with Gasteiger partial charge in [0.2, 0.25) is 0 Å². The van der Waals surface area contributed by atoms with Gasteiger partial charge in [0.1, 0.15) is 17.3 Å². The number of hydrogen-bond donors (Lipinski definition) is 1. The third kappa shape index (κ3) is 3.76. The van der Waals surface area contributed by atoms with E-state index in [1.807, 2.05) is 11.8 Å². The predicted octanol–water partition coefficient (Wildman–Crippen LogP) is 2.99. The minimum absolute atomic E-state index is 0.00260. The van der Waals surface area contributed by atoms with Crippen molar-refractivity contribution in [1.82, 2.24) is 20.0 Å². The van der Waals surface area contributed by atoms with Crippen LogP contribution in [-0.2, 0) is 6.54 Å². The highest BCUT2D eigenvalue weighted by Crippen LogP contribution is 2.40. The van der Waals surface area contributed by atoms with Crippen LogP contribution in [0.5, 0.6) is 5.75 Å². The second kappa shape index (κ2) is 7.54. The second-order valence-electron chi connectivity index (χ2n) is 8.18. The number of piperidine rings is 1. The SMILES string of the molecule is COc1ccc(F)c(CN2CCCC3(CCN(C(=O)c4cc(C)[nH]n4)C3)C2)c1. The van der Waals surface area contributed by atoms with Crippen LogP contribution < -0.4 is 4.74 Å². The van der Waals surface area contributed by atoms with Gasteiger partial charge < -0.3 is 9.64 Å². The molecule has 7 heteroatoms. The molecule has 2 aromatic rings. The molecular weight excluding hydrogens is 359 g/mol. The Hall–Kier alpha value is -2.41. The first-order valence-electron chi connectivity index (χ1n) is 9.84. The Morgan fingerprint density at radius 1 is 1.29 bits per heavy atom. The first kappa shape index (κ1) is 18.9. The molecule has 0 bridgehead atoms. The van der Waals surface area contributed by atoms with Gasteiger partial charge in [-0.2, -0.15) is 5.10 Å². The van der Waals surface area contributed by atoms with Crippen molar-refractivity contribution in [3.05, 3.63) is 47.0 Å². The van der Waals surface area contributed by atoms with Gasteiger partial charge in [-0.1, -0.05) is 0 Å². The van der Waals surface area contributed by atoms with Crippen LogP contribution in [0.2, 0.25) is 0 Å². The van der Waals surface area contributed by atoms with E-state index in [1.165, 1.54) is 6.07 Å². The van der Waals surface area contributed by atoms with Crippen molar-refractivity contribution in [2.24, 2.45) is 5.41 Å². The molecule has 1 amide bonds. The van der Waals surface area contributed by atoms with Gasteiger partial charge in [-0.15, -0.1) is 0 Å². The van der Waals surface area contributed by atoms with Gasteiger partial charge in [0, 0.05) is 42.9 Å². The molecule has 2 aliphatic rings. The number of aromatic nitrogens is 2. The number of aryl methyl sites for hydroxylation is 1. The van der Waals surface area contributed by atoms with E-state index in [4.69, 9.17) is 4.74 Å². The highest BCUT2D eigenvalue weighted by molar-refractivity contribution is 5.92. The Balaban J connectivity index is 1.43. The van der Waals surface area contributed by atoms with Crippen LogP contribution in [0.4, 0.5) is 4.39 Å². The summed E-state index contributed by atoms with van der Waals surface area (Å²) >= 11 is 0. The molecule has 150 valence electrons. The number of nitrogens with one attached hydrogen (secondary N) is 1. The Labute approximate surface area is 164 Å². The Morgan fingerprint density at radius 2 is 2.14 bits per heavy atom. The number of hydrogen-bond acceptors (Lipinski definition) is 4. The van der Waals surface area contributed by atoms with E-state index in [9.17, 15) is 9.18 Å². The average molecular weight is 386 g/mol. The van der Waals surface area contributed by atoms with E-state index in [0.717, 1.165) is 51.1 Å². The number of H-pyrrole nitrogens is 1. The van der Waals surface area contributed by atoms with Crippen LogP contribution in [0.3, 0.4) is 0 Å². The molecule has 4 rings (SSSR count). The number of likely N-dealkylation sites (tertiary alicyclic amines) is 2. The normalized spacial score (nSPS) is 22.8. The van der Waals surface area contributed by atoms with Crippen molar-refractivity contribution in [1.29, 1.82) is 0 Å². The van der Waals surface area contributed by atoms with Crippen molar-refractivity contribution in [2.75, 3.05) is 33.3 Å². The summed E-state index contributed by atoms with van der Waals surface area (Å²) in [4.78, 5) is 17.0. The second-order valence-corrected chi connectivity index (χ2v) is 8.18. The topological polar surface area (TPSA) is 61.5 Å². The van der Waals surface area contributed by atoms with Gasteiger partial charge in [-0.05, 0) is 57.0 Å². The number of rotatable bonds is 4. The molecule has 3 heterocycles. The molecule has 28 heavy (non-hydrogen) atoms. The lowest BCUT2D eigenvalue weighted by Crippen LogP contribution is -2.45. The van der Waals surface area contributed by atoms with Crippen molar-refractivity contribution in [2.45, 2.75) is 32.7 Å². The van der Waals surface area contributed by atoms with E-state index in [-0.39, 0.29) is 17.1 Å². The lowest BCUT2D eigenvalue weighted by Gasteiger charge is -2.40. The molecular formula is C21H27FN4O2. The largest absolute Gasteiger partial charge is 0.497 e. The molecule has 1 aromatic heterocycles. The molecule has 1 atom stereocenters. The molecule has 0 radical (unpaired) electrons. The zero-order chi connectivity index (χ0) is 19.7. The lowest BCUT2D eigenvalue weighted by molar-refractivity contribution is 0.0668. The van der Waals surface area contributed by atoms with Crippen LogP contribution in [0.1, 0.15) is 41.0 Å². The van der Waals surface area contributed by atoms with Gasteiger partial charge in [-0.25, -0.2) is 4.39 Å². The molecule has 1 N–H and O–H groups in total. The van der Waals surface area contributed by atoms with E-state index in [1.54, 1.807) is 25.3 Å². The number of carbonyl (C=O) groups is 1. The van der Waals surface area contributed by atoms with Gasteiger partial charge in [-0.3, -0.25) is 14.8 Å². The van der Waals surface area contributed by atoms with Gasteiger partial charge in [0.05, 0.1) is 7.11 Å². The van der Waals surface area contributed by atoms with E-state index in [2.05, 4.69) is 15.1 Å². The number of methoxy groups -OCH3 is 1. The summed E-state index contributed by atoms with van der Waals surface area (Å²) < 4.78 is 19.5. The first-order valence-corrected chi connectivity index (χ1v) is 9.84. The zero-order valence-corrected chi connectivity index (χ0v) is 16.5. The number of benzene rings is 1. The molecule has 0 saturated carbocycles. The fourth-order valence-electron chi connectivity index (χ4n) is 4.62. The van der Waals surface area contributed by atoms with E-state index < -0.39 is 0 Å². The molecule has 1 spiro atoms. The maximum Gasteiger partial charge on any atom is 0.274 e.